The van der Waals surface area contributed by atoms with Crippen LogP contribution < -0.4 is 5.32 Å². The molecule has 1 atom stereocenters. The van der Waals surface area contributed by atoms with E-state index in [4.69, 9.17) is 0 Å². The largest absolute Gasteiger partial charge is 0.508 e. The van der Waals surface area contributed by atoms with Crippen molar-refractivity contribution in [3.63, 3.8) is 0 Å². The van der Waals surface area contributed by atoms with Gasteiger partial charge in [-0.05, 0) is 31.0 Å². The van der Waals surface area contributed by atoms with E-state index in [-0.39, 0.29) is 23.1 Å². The molecule has 0 saturated carbocycles. The van der Waals surface area contributed by atoms with Gasteiger partial charge in [-0.1, -0.05) is 13.0 Å². The van der Waals surface area contributed by atoms with Crippen LogP contribution in [0.5, 0.6) is 11.5 Å². The Balaban J connectivity index is 2.81. The molecule has 0 aliphatic carbocycles. The van der Waals surface area contributed by atoms with Crippen LogP contribution in [0, 0.1) is 0 Å². The molecule has 3 N–H and O–H groups in total. The van der Waals surface area contributed by atoms with Crippen LogP contribution in [0.4, 0.5) is 0 Å². The quantitative estimate of drug-likeness (QED) is 0.541. The minimum Gasteiger partial charge on any atom is -0.508 e. The Morgan fingerprint density at radius 1 is 1.53 bits per heavy atom. The first-order valence-electron chi connectivity index (χ1n) is 5.52. The van der Waals surface area contributed by atoms with Gasteiger partial charge in [0.25, 0.3) is 5.91 Å². The van der Waals surface area contributed by atoms with Gasteiger partial charge in [-0.2, -0.15) is 0 Å². The summed E-state index contributed by atoms with van der Waals surface area (Å²) < 4.78 is 0. The molecule has 0 aliphatic rings. The average molecular weight is 235 g/mol. The number of amides is 1. The predicted molar refractivity (Wildman–Crippen MR) is 66.1 cm³/mol. The zero-order chi connectivity index (χ0) is 12.8. The van der Waals surface area contributed by atoms with Crippen LogP contribution in [0.25, 0.3) is 0 Å². The highest BCUT2D eigenvalue weighted by molar-refractivity contribution is 5.97. The van der Waals surface area contributed by atoms with Crippen molar-refractivity contribution in [1.29, 1.82) is 0 Å². The lowest BCUT2D eigenvalue weighted by atomic mass is 10.1. The third kappa shape index (κ3) is 3.52. The van der Waals surface area contributed by atoms with Gasteiger partial charge >= 0.3 is 0 Å². The van der Waals surface area contributed by atoms with Crippen LogP contribution in [0.2, 0.25) is 0 Å². The fourth-order valence-corrected chi connectivity index (χ4v) is 1.50. The highest BCUT2D eigenvalue weighted by Gasteiger charge is 2.15. The number of benzene rings is 1. The summed E-state index contributed by atoms with van der Waals surface area (Å²) in [5.74, 6) is -0.592. The van der Waals surface area contributed by atoms with Gasteiger partial charge in [0.05, 0.1) is 5.56 Å². The van der Waals surface area contributed by atoms with Gasteiger partial charge in [0, 0.05) is 6.04 Å². The molecule has 0 aliphatic heterocycles. The molecule has 0 radical (unpaired) electrons. The number of hydrogen-bond acceptors (Lipinski definition) is 3. The van der Waals surface area contributed by atoms with Crippen molar-refractivity contribution in [2.24, 2.45) is 0 Å². The number of phenolic OH excluding ortho intramolecular Hbond substituents is 2. The molecule has 92 valence electrons. The van der Waals surface area contributed by atoms with Crippen LogP contribution in [0.15, 0.2) is 30.9 Å². The van der Waals surface area contributed by atoms with E-state index in [0.717, 1.165) is 6.42 Å². The summed E-state index contributed by atoms with van der Waals surface area (Å²) in [6, 6.07) is 3.85. The SMILES string of the molecule is C=CCC(CC)NC(=O)c1cc(O)ccc1O. The zero-order valence-electron chi connectivity index (χ0n) is 9.81. The lowest BCUT2D eigenvalue weighted by Crippen LogP contribution is -2.33. The Kier molecular flexibility index (Phi) is 4.57. The van der Waals surface area contributed by atoms with E-state index in [9.17, 15) is 15.0 Å². The first-order chi connectivity index (χ1) is 8.08. The van der Waals surface area contributed by atoms with Crippen molar-refractivity contribution in [2.75, 3.05) is 0 Å². The number of nitrogens with one attached hydrogen (secondary N) is 1. The number of phenols is 2. The fraction of sp³-hybridized carbons (Fsp3) is 0.308. The Hall–Kier alpha value is -1.97. The molecule has 17 heavy (non-hydrogen) atoms. The van der Waals surface area contributed by atoms with Crippen molar-refractivity contribution in [3.05, 3.63) is 36.4 Å². The van der Waals surface area contributed by atoms with Crippen molar-refractivity contribution in [3.8, 4) is 11.5 Å². The number of carbonyl (C=O) groups excluding carboxylic acids is 1. The van der Waals surface area contributed by atoms with Crippen LogP contribution in [0.3, 0.4) is 0 Å². The van der Waals surface area contributed by atoms with E-state index in [0.29, 0.717) is 6.42 Å². The van der Waals surface area contributed by atoms with Gasteiger partial charge in [-0.15, -0.1) is 6.58 Å². The summed E-state index contributed by atoms with van der Waals surface area (Å²) >= 11 is 0. The third-order valence-electron chi connectivity index (χ3n) is 2.50. The molecule has 4 nitrogen and oxygen atoms in total. The van der Waals surface area contributed by atoms with Gasteiger partial charge in [-0.3, -0.25) is 4.79 Å². The third-order valence-corrected chi connectivity index (χ3v) is 2.50. The minimum absolute atomic E-state index is 0.0123. The van der Waals surface area contributed by atoms with E-state index in [1.807, 2.05) is 6.92 Å². The molecular weight excluding hydrogens is 218 g/mol. The maximum Gasteiger partial charge on any atom is 0.255 e. The highest BCUT2D eigenvalue weighted by atomic mass is 16.3. The van der Waals surface area contributed by atoms with Crippen molar-refractivity contribution >= 4 is 5.91 Å². The monoisotopic (exact) mass is 235 g/mol. The summed E-state index contributed by atoms with van der Waals surface area (Å²) in [4.78, 5) is 11.8. The lowest BCUT2D eigenvalue weighted by Gasteiger charge is -2.15. The summed E-state index contributed by atoms with van der Waals surface area (Å²) in [5.41, 5.74) is 0.0764. The standard InChI is InChI=1S/C13H17NO3/c1-3-5-9(4-2)14-13(17)11-8-10(15)6-7-12(11)16/h3,6-9,15-16H,1,4-5H2,2H3,(H,14,17). The topological polar surface area (TPSA) is 69.6 Å². The Bertz CT molecular complexity index is 415. The van der Waals surface area contributed by atoms with Crippen LogP contribution >= 0.6 is 0 Å². The van der Waals surface area contributed by atoms with E-state index >= 15 is 0 Å². The predicted octanol–water partition coefficient (Wildman–Crippen LogP) is 2.18. The normalized spacial score (nSPS) is 11.8. The lowest BCUT2D eigenvalue weighted by molar-refractivity contribution is 0.0933. The van der Waals surface area contributed by atoms with Gasteiger partial charge < -0.3 is 15.5 Å². The second kappa shape index (κ2) is 5.94. The molecule has 1 unspecified atom stereocenters. The van der Waals surface area contributed by atoms with E-state index in [1.54, 1.807) is 6.08 Å². The van der Waals surface area contributed by atoms with Gasteiger partial charge in [0.15, 0.2) is 0 Å². The van der Waals surface area contributed by atoms with Crippen LogP contribution in [0.1, 0.15) is 30.1 Å². The molecule has 1 amide bonds. The summed E-state index contributed by atoms with van der Waals surface area (Å²) in [6.07, 6.45) is 3.18. The smallest absolute Gasteiger partial charge is 0.255 e. The zero-order valence-corrected chi connectivity index (χ0v) is 9.81. The Morgan fingerprint density at radius 2 is 2.24 bits per heavy atom. The Labute approximate surface area is 101 Å². The summed E-state index contributed by atoms with van der Waals surface area (Å²) in [7, 11) is 0. The molecule has 0 heterocycles. The Morgan fingerprint density at radius 3 is 2.82 bits per heavy atom. The number of carbonyl (C=O) groups is 1. The molecule has 4 heteroatoms. The second-order valence-electron chi connectivity index (χ2n) is 3.80. The summed E-state index contributed by atoms with van der Waals surface area (Å²) in [5, 5.41) is 21.6. The number of aromatic hydroxyl groups is 2. The molecule has 0 fully saturated rings. The molecular formula is C13H17NO3. The molecule has 1 rings (SSSR count). The second-order valence-corrected chi connectivity index (χ2v) is 3.80. The first kappa shape index (κ1) is 13.1. The van der Waals surface area contributed by atoms with Gasteiger partial charge in [0.2, 0.25) is 0 Å². The number of rotatable bonds is 5. The highest BCUT2D eigenvalue weighted by Crippen LogP contribution is 2.22. The van der Waals surface area contributed by atoms with Gasteiger partial charge in [0.1, 0.15) is 11.5 Å². The van der Waals surface area contributed by atoms with E-state index in [1.165, 1.54) is 18.2 Å². The summed E-state index contributed by atoms with van der Waals surface area (Å²) in [6.45, 7) is 5.57. The van der Waals surface area contributed by atoms with Crippen molar-refractivity contribution in [2.45, 2.75) is 25.8 Å². The molecule has 1 aromatic rings. The van der Waals surface area contributed by atoms with E-state index < -0.39 is 5.91 Å². The molecule has 0 aromatic heterocycles. The first-order valence-corrected chi connectivity index (χ1v) is 5.52. The number of hydrogen-bond donors (Lipinski definition) is 3. The molecule has 0 bridgehead atoms. The van der Waals surface area contributed by atoms with Crippen LogP contribution in [-0.2, 0) is 0 Å². The van der Waals surface area contributed by atoms with Crippen LogP contribution in [-0.4, -0.2) is 22.2 Å². The average Bonchev–Trinajstić information content (AvgIpc) is 2.31. The maximum atomic E-state index is 11.8. The van der Waals surface area contributed by atoms with Crippen molar-refractivity contribution in [1.82, 2.24) is 5.32 Å². The van der Waals surface area contributed by atoms with Crippen molar-refractivity contribution < 1.29 is 15.0 Å². The minimum atomic E-state index is -0.396. The van der Waals surface area contributed by atoms with E-state index in [2.05, 4.69) is 11.9 Å². The fourth-order valence-electron chi connectivity index (χ4n) is 1.50. The molecule has 0 spiro atoms. The van der Waals surface area contributed by atoms with Gasteiger partial charge in [-0.25, -0.2) is 0 Å². The molecule has 0 saturated heterocycles. The molecule has 1 aromatic carbocycles. The maximum absolute atomic E-state index is 11.8.